The van der Waals surface area contributed by atoms with E-state index in [-0.39, 0.29) is 9.77 Å². The molecule has 3 aromatic carbocycles. The first-order valence-corrected chi connectivity index (χ1v) is 12.0. The van der Waals surface area contributed by atoms with Crippen LogP contribution >= 0.6 is 11.3 Å². The van der Waals surface area contributed by atoms with Crippen LogP contribution in [0.2, 0.25) is 0 Å². The summed E-state index contributed by atoms with van der Waals surface area (Å²) in [5, 5.41) is 0. The van der Waals surface area contributed by atoms with Crippen molar-refractivity contribution >= 4 is 31.6 Å². The first-order chi connectivity index (χ1) is 14.4. The average molecular weight is 439 g/mol. The Labute approximate surface area is 179 Å². The van der Waals surface area contributed by atoms with E-state index in [9.17, 15) is 13.2 Å². The summed E-state index contributed by atoms with van der Waals surface area (Å²) in [5.74, 6) is 0. The van der Waals surface area contributed by atoms with Crippen LogP contribution < -0.4 is 9.60 Å². The van der Waals surface area contributed by atoms with Crippen LogP contribution in [0.1, 0.15) is 29.7 Å². The molecule has 0 saturated heterocycles. The van der Waals surface area contributed by atoms with Gasteiger partial charge in [-0.2, -0.15) is 4.72 Å². The lowest BCUT2D eigenvalue weighted by Crippen LogP contribution is -2.29. The van der Waals surface area contributed by atoms with Crippen LogP contribution in [-0.4, -0.2) is 13.0 Å². The molecule has 0 bridgehead atoms. The molecule has 0 saturated carbocycles. The molecule has 1 atom stereocenters. The number of hydrogen-bond acceptors (Lipinski definition) is 4. The van der Waals surface area contributed by atoms with Gasteiger partial charge in [0.2, 0.25) is 10.0 Å². The van der Waals surface area contributed by atoms with Crippen LogP contribution in [0.5, 0.6) is 0 Å². The third-order valence-electron chi connectivity index (χ3n) is 5.05. The second-order valence-electron chi connectivity index (χ2n) is 7.12. The molecule has 7 heteroatoms. The maximum absolute atomic E-state index is 13.3. The Bertz CT molecular complexity index is 1360. The highest BCUT2D eigenvalue weighted by molar-refractivity contribution is 7.89. The Morgan fingerprint density at radius 2 is 1.70 bits per heavy atom. The zero-order chi connectivity index (χ0) is 21.3. The lowest BCUT2D eigenvalue weighted by atomic mass is 9.98. The molecular formula is C23H22N2O3S2. The van der Waals surface area contributed by atoms with Gasteiger partial charge < -0.3 is 0 Å². The van der Waals surface area contributed by atoms with Crippen LogP contribution in [0.25, 0.3) is 10.2 Å². The molecule has 0 aliphatic heterocycles. The van der Waals surface area contributed by atoms with Gasteiger partial charge in [0, 0.05) is 6.54 Å². The molecule has 30 heavy (non-hydrogen) atoms. The summed E-state index contributed by atoms with van der Waals surface area (Å²) in [6.07, 6.45) is 0. The first kappa shape index (κ1) is 20.5. The van der Waals surface area contributed by atoms with Crippen molar-refractivity contribution in [3.05, 3.63) is 99.2 Å². The lowest BCUT2D eigenvalue weighted by molar-refractivity contribution is 0.572. The fraction of sp³-hybridized carbons (Fsp3) is 0.174. The standard InChI is InChI=1S/C23H22N2O3S2/c1-3-25-20-13-12-19(15-21(20)29-23(25)26)30(27,28)24-22(17-9-5-4-6-10-17)18-11-7-8-16(2)14-18/h4-15,22,24H,3H2,1-2H3/t22-/m1/s1. The number of benzene rings is 3. The number of sulfonamides is 1. The minimum atomic E-state index is -3.83. The molecule has 1 N–H and O–H groups in total. The highest BCUT2D eigenvalue weighted by Crippen LogP contribution is 2.27. The van der Waals surface area contributed by atoms with Crippen molar-refractivity contribution in [2.75, 3.05) is 0 Å². The van der Waals surface area contributed by atoms with Crippen molar-refractivity contribution in [3.8, 4) is 0 Å². The van der Waals surface area contributed by atoms with Crippen LogP contribution in [0.15, 0.2) is 82.5 Å². The summed E-state index contributed by atoms with van der Waals surface area (Å²) in [4.78, 5) is 12.2. The molecule has 5 nitrogen and oxygen atoms in total. The molecule has 0 fully saturated rings. The zero-order valence-corrected chi connectivity index (χ0v) is 18.3. The fourth-order valence-electron chi connectivity index (χ4n) is 3.56. The molecule has 0 aliphatic carbocycles. The van der Waals surface area contributed by atoms with E-state index in [1.165, 1.54) is 0 Å². The fourth-order valence-corrected chi connectivity index (χ4v) is 5.87. The van der Waals surface area contributed by atoms with Crippen molar-refractivity contribution in [1.29, 1.82) is 0 Å². The monoisotopic (exact) mass is 438 g/mol. The molecule has 1 aromatic heterocycles. The van der Waals surface area contributed by atoms with E-state index in [0.29, 0.717) is 11.2 Å². The maximum Gasteiger partial charge on any atom is 0.308 e. The highest BCUT2D eigenvalue weighted by Gasteiger charge is 2.24. The number of nitrogens with zero attached hydrogens (tertiary/aromatic N) is 1. The van der Waals surface area contributed by atoms with Gasteiger partial charge in [0.15, 0.2) is 0 Å². The molecule has 0 unspecified atom stereocenters. The van der Waals surface area contributed by atoms with Crippen LogP contribution in [0.4, 0.5) is 0 Å². The van der Waals surface area contributed by atoms with Gasteiger partial charge in [0.1, 0.15) is 0 Å². The molecule has 0 amide bonds. The SMILES string of the molecule is CCn1c(=O)sc2cc(S(=O)(=O)N[C@H](c3ccccc3)c3cccc(C)c3)ccc21. The van der Waals surface area contributed by atoms with Crippen LogP contribution in [-0.2, 0) is 16.6 Å². The van der Waals surface area contributed by atoms with Gasteiger partial charge in [-0.25, -0.2) is 8.42 Å². The second kappa shape index (κ2) is 8.18. The number of nitrogens with one attached hydrogen (secondary N) is 1. The largest absolute Gasteiger partial charge is 0.308 e. The molecule has 4 rings (SSSR count). The highest BCUT2D eigenvalue weighted by atomic mass is 32.2. The van der Waals surface area contributed by atoms with Gasteiger partial charge in [0.25, 0.3) is 0 Å². The van der Waals surface area contributed by atoms with E-state index in [4.69, 9.17) is 0 Å². The van der Waals surface area contributed by atoms with Crippen molar-refractivity contribution in [2.24, 2.45) is 0 Å². The molecule has 0 spiro atoms. The van der Waals surface area contributed by atoms with Gasteiger partial charge in [-0.05, 0) is 43.2 Å². The van der Waals surface area contributed by atoms with Gasteiger partial charge in [-0.15, -0.1) is 0 Å². The summed E-state index contributed by atoms with van der Waals surface area (Å²) in [6, 6.07) is 21.6. The predicted octanol–water partition coefficient (Wildman–Crippen LogP) is 4.46. The first-order valence-electron chi connectivity index (χ1n) is 9.66. The summed E-state index contributed by atoms with van der Waals surface area (Å²) in [7, 11) is -3.83. The van der Waals surface area contributed by atoms with E-state index in [0.717, 1.165) is 33.5 Å². The van der Waals surface area contributed by atoms with Crippen molar-refractivity contribution in [2.45, 2.75) is 31.3 Å². The average Bonchev–Trinajstić information content (AvgIpc) is 3.06. The quantitative estimate of drug-likeness (QED) is 0.483. The zero-order valence-electron chi connectivity index (χ0n) is 16.7. The predicted molar refractivity (Wildman–Crippen MR) is 122 cm³/mol. The second-order valence-corrected chi connectivity index (χ2v) is 9.83. The number of rotatable bonds is 6. The Balaban J connectivity index is 1.77. The molecule has 1 heterocycles. The summed E-state index contributed by atoms with van der Waals surface area (Å²) in [6.45, 7) is 4.42. The lowest BCUT2D eigenvalue weighted by Gasteiger charge is -2.20. The van der Waals surface area contributed by atoms with E-state index >= 15 is 0 Å². The molecule has 0 radical (unpaired) electrons. The van der Waals surface area contributed by atoms with Gasteiger partial charge in [-0.1, -0.05) is 71.5 Å². The third kappa shape index (κ3) is 3.96. The van der Waals surface area contributed by atoms with Crippen molar-refractivity contribution in [3.63, 3.8) is 0 Å². The third-order valence-corrected chi connectivity index (χ3v) is 7.41. The van der Waals surface area contributed by atoms with Gasteiger partial charge in [0.05, 0.1) is 21.2 Å². The summed E-state index contributed by atoms with van der Waals surface area (Å²) in [5.41, 5.74) is 3.53. The Hall–Kier alpha value is -2.74. The summed E-state index contributed by atoms with van der Waals surface area (Å²) >= 11 is 1.06. The number of hydrogen-bond donors (Lipinski definition) is 1. The van der Waals surface area contributed by atoms with Gasteiger partial charge in [-0.3, -0.25) is 9.36 Å². The molecule has 154 valence electrons. The van der Waals surface area contributed by atoms with E-state index in [1.807, 2.05) is 68.4 Å². The Morgan fingerprint density at radius 3 is 2.40 bits per heavy atom. The van der Waals surface area contributed by atoms with Crippen LogP contribution in [0.3, 0.4) is 0 Å². The number of fused-ring (bicyclic) bond motifs is 1. The van der Waals surface area contributed by atoms with Crippen molar-refractivity contribution in [1.82, 2.24) is 9.29 Å². The number of aryl methyl sites for hydroxylation is 2. The van der Waals surface area contributed by atoms with Crippen LogP contribution in [0, 0.1) is 6.92 Å². The number of aromatic nitrogens is 1. The van der Waals surface area contributed by atoms with E-state index < -0.39 is 16.1 Å². The summed E-state index contributed by atoms with van der Waals surface area (Å²) < 4.78 is 31.7. The van der Waals surface area contributed by atoms with E-state index in [1.54, 1.807) is 22.8 Å². The Kier molecular flexibility index (Phi) is 5.60. The molecule has 4 aromatic rings. The normalized spacial score (nSPS) is 12.9. The van der Waals surface area contributed by atoms with E-state index in [2.05, 4.69) is 4.72 Å². The topological polar surface area (TPSA) is 68.2 Å². The minimum absolute atomic E-state index is 0.0862. The number of thiazole rings is 1. The molecule has 0 aliphatic rings. The molecular weight excluding hydrogens is 416 g/mol. The maximum atomic E-state index is 13.3. The smallest absolute Gasteiger partial charge is 0.299 e. The van der Waals surface area contributed by atoms with Crippen molar-refractivity contribution < 1.29 is 8.42 Å². The van der Waals surface area contributed by atoms with Gasteiger partial charge >= 0.3 is 4.87 Å². The minimum Gasteiger partial charge on any atom is -0.299 e. The Morgan fingerprint density at radius 1 is 0.967 bits per heavy atom.